The van der Waals surface area contributed by atoms with Gasteiger partial charge in [0.05, 0.1) is 6.61 Å². The molecule has 14 heavy (non-hydrogen) atoms. The summed E-state index contributed by atoms with van der Waals surface area (Å²) in [6, 6.07) is 0. The molecule has 0 bridgehead atoms. The van der Waals surface area contributed by atoms with E-state index in [0.717, 1.165) is 0 Å². The summed E-state index contributed by atoms with van der Waals surface area (Å²) in [6.07, 6.45) is 0. The van der Waals surface area contributed by atoms with Crippen LogP contribution < -0.4 is 0 Å². The second-order valence-corrected chi connectivity index (χ2v) is 3.98. The van der Waals surface area contributed by atoms with Crippen LogP contribution in [-0.2, 0) is 19.0 Å². The van der Waals surface area contributed by atoms with Gasteiger partial charge in [-0.3, -0.25) is 4.79 Å². The van der Waals surface area contributed by atoms with Crippen molar-refractivity contribution >= 4 is 5.97 Å². The van der Waals surface area contributed by atoms with Gasteiger partial charge in [-0.05, 0) is 6.92 Å². The SMILES string of the molecule is CCOC(=O)[C@@H]1C(C)(C)C1(OC)OC. The van der Waals surface area contributed by atoms with E-state index in [9.17, 15) is 4.79 Å². The number of rotatable bonds is 4. The molecule has 1 aliphatic carbocycles. The largest absolute Gasteiger partial charge is 0.466 e. The van der Waals surface area contributed by atoms with Gasteiger partial charge >= 0.3 is 5.97 Å². The zero-order valence-corrected chi connectivity index (χ0v) is 9.42. The maximum Gasteiger partial charge on any atom is 0.315 e. The van der Waals surface area contributed by atoms with Gasteiger partial charge in [-0.25, -0.2) is 0 Å². The number of carbonyl (C=O) groups excluding carboxylic acids is 1. The van der Waals surface area contributed by atoms with E-state index < -0.39 is 5.79 Å². The Morgan fingerprint density at radius 3 is 2.07 bits per heavy atom. The summed E-state index contributed by atoms with van der Waals surface area (Å²) in [4.78, 5) is 11.6. The lowest BCUT2D eigenvalue weighted by molar-refractivity contribution is -0.171. The minimum atomic E-state index is -0.806. The second kappa shape index (κ2) is 3.51. The van der Waals surface area contributed by atoms with Crippen molar-refractivity contribution < 1.29 is 19.0 Å². The lowest BCUT2D eigenvalue weighted by Crippen LogP contribution is -2.24. The summed E-state index contributed by atoms with van der Waals surface area (Å²) >= 11 is 0. The molecular formula is C10H18O4. The average Bonchev–Trinajstić information content (AvgIpc) is 2.63. The Bertz CT molecular complexity index is 230. The van der Waals surface area contributed by atoms with Crippen LogP contribution in [0.3, 0.4) is 0 Å². The van der Waals surface area contributed by atoms with E-state index in [2.05, 4.69) is 0 Å². The van der Waals surface area contributed by atoms with E-state index in [1.54, 1.807) is 21.1 Å². The molecular weight excluding hydrogens is 184 g/mol. The molecule has 0 heterocycles. The van der Waals surface area contributed by atoms with Crippen LogP contribution in [-0.4, -0.2) is 32.6 Å². The fourth-order valence-corrected chi connectivity index (χ4v) is 2.20. The van der Waals surface area contributed by atoms with Crippen molar-refractivity contribution in [3.63, 3.8) is 0 Å². The van der Waals surface area contributed by atoms with Gasteiger partial charge in [0.2, 0.25) is 0 Å². The van der Waals surface area contributed by atoms with Crippen molar-refractivity contribution in [1.29, 1.82) is 0 Å². The third kappa shape index (κ3) is 1.25. The minimum absolute atomic E-state index is 0.249. The number of methoxy groups -OCH3 is 2. The van der Waals surface area contributed by atoms with E-state index in [1.165, 1.54) is 0 Å². The first-order valence-electron chi connectivity index (χ1n) is 4.74. The van der Waals surface area contributed by atoms with Crippen LogP contribution in [0, 0.1) is 11.3 Å². The highest BCUT2D eigenvalue weighted by Gasteiger charge is 2.77. The fourth-order valence-electron chi connectivity index (χ4n) is 2.20. The lowest BCUT2D eigenvalue weighted by atomic mass is 10.1. The standard InChI is InChI=1S/C10H18O4/c1-6-14-8(11)7-9(2,3)10(7,12-4)13-5/h7H,6H2,1-5H3/t7-/m1/s1. The van der Waals surface area contributed by atoms with Crippen molar-refractivity contribution in [2.45, 2.75) is 26.6 Å². The van der Waals surface area contributed by atoms with Gasteiger partial charge in [0, 0.05) is 19.6 Å². The van der Waals surface area contributed by atoms with Crippen LogP contribution in [0.2, 0.25) is 0 Å². The van der Waals surface area contributed by atoms with Crippen molar-refractivity contribution in [2.24, 2.45) is 11.3 Å². The van der Waals surface area contributed by atoms with Crippen LogP contribution >= 0.6 is 0 Å². The predicted octanol–water partition coefficient (Wildman–Crippen LogP) is 1.19. The number of carbonyl (C=O) groups is 1. The summed E-state index contributed by atoms with van der Waals surface area (Å²) in [7, 11) is 3.09. The zero-order chi connectivity index (χ0) is 11.0. The van der Waals surface area contributed by atoms with Crippen LogP contribution in [0.15, 0.2) is 0 Å². The average molecular weight is 202 g/mol. The van der Waals surface area contributed by atoms with Crippen molar-refractivity contribution in [2.75, 3.05) is 20.8 Å². The highest BCUT2D eigenvalue weighted by Crippen LogP contribution is 2.64. The molecule has 82 valence electrons. The van der Waals surface area contributed by atoms with E-state index in [4.69, 9.17) is 14.2 Å². The van der Waals surface area contributed by atoms with Gasteiger partial charge in [0.25, 0.3) is 0 Å². The first-order valence-corrected chi connectivity index (χ1v) is 4.74. The van der Waals surface area contributed by atoms with Gasteiger partial charge in [-0.1, -0.05) is 13.8 Å². The number of ether oxygens (including phenoxy) is 3. The fraction of sp³-hybridized carbons (Fsp3) is 0.900. The molecule has 1 saturated carbocycles. The van der Waals surface area contributed by atoms with Crippen molar-refractivity contribution in [1.82, 2.24) is 0 Å². The van der Waals surface area contributed by atoms with Gasteiger partial charge < -0.3 is 14.2 Å². The number of hydrogen-bond acceptors (Lipinski definition) is 4. The predicted molar refractivity (Wildman–Crippen MR) is 50.7 cm³/mol. The third-order valence-electron chi connectivity index (χ3n) is 3.05. The molecule has 1 rings (SSSR count). The Labute approximate surface area is 84.5 Å². The number of esters is 1. The molecule has 0 aromatic heterocycles. The van der Waals surface area contributed by atoms with Gasteiger partial charge in [-0.15, -0.1) is 0 Å². The molecule has 0 aliphatic heterocycles. The summed E-state index contributed by atoms with van der Waals surface area (Å²) in [5.74, 6) is -1.38. The third-order valence-corrected chi connectivity index (χ3v) is 3.05. The zero-order valence-electron chi connectivity index (χ0n) is 9.42. The van der Waals surface area contributed by atoms with Crippen LogP contribution in [0.1, 0.15) is 20.8 Å². The minimum Gasteiger partial charge on any atom is -0.466 e. The normalized spacial score (nSPS) is 27.1. The van der Waals surface area contributed by atoms with E-state index in [0.29, 0.717) is 6.61 Å². The Kier molecular flexibility index (Phi) is 2.88. The maximum atomic E-state index is 11.6. The Morgan fingerprint density at radius 2 is 1.79 bits per heavy atom. The van der Waals surface area contributed by atoms with E-state index in [-0.39, 0.29) is 17.3 Å². The van der Waals surface area contributed by atoms with Crippen molar-refractivity contribution in [3.8, 4) is 0 Å². The number of hydrogen-bond donors (Lipinski definition) is 0. The molecule has 1 aliphatic rings. The summed E-state index contributed by atoms with van der Waals surface area (Å²) < 4.78 is 15.5. The molecule has 0 unspecified atom stereocenters. The molecule has 1 atom stereocenters. The Hall–Kier alpha value is -0.610. The van der Waals surface area contributed by atoms with Crippen molar-refractivity contribution in [3.05, 3.63) is 0 Å². The van der Waals surface area contributed by atoms with Crippen LogP contribution in [0.4, 0.5) is 0 Å². The Morgan fingerprint density at radius 1 is 1.29 bits per heavy atom. The Balaban J connectivity index is 2.78. The smallest absolute Gasteiger partial charge is 0.315 e. The van der Waals surface area contributed by atoms with E-state index >= 15 is 0 Å². The summed E-state index contributed by atoms with van der Waals surface area (Å²) in [5.41, 5.74) is -0.317. The topological polar surface area (TPSA) is 44.8 Å². The van der Waals surface area contributed by atoms with Crippen LogP contribution in [0.25, 0.3) is 0 Å². The molecule has 0 N–H and O–H groups in total. The molecule has 0 spiro atoms. The highest BCUT2D eigenvalue weighted by atomic mass is 16.7. The van der Waals surface area contributed by atoms with E-state index in [1.807, 2.05) is 13.8 Å². The lowest BCUT2D eigenvalue weighted by Gasteiger charge is -2.15. The first-order chi connectivity index (χ1) is 6.47. The molecule has 0 amide bonds. The molecule has 0 aromatic carbocycles. The van der Waals surface area contributed by atoms with Gasteiger partial charge in [0.1, 0.15) is 5.92 Å². The van der Waals surface area contributed by atoms with Crippen LogP contribution in [0.5, 0.6) is 0 Å². The molecule has 0 radical (unpaired) electrons. The first kappa shape index (κ1) is 11.5. The molecule has 0 aromatic rings. The molecule has 1 fully saturated rings. The maximum absolute atomic E-state index is 11.6. The highest BCUT2D eigenvalue weighted by molar-refractivity contribution is 5.79. The van der Waals surface area contributed by atoms with Gasteiger partial charge in [-0.2, -0.15) is 0 Å². The monoisotopic (exact) mass is 202 g/mol. The molecule has 4 heteroatoms. The summed E-state index contributed by atoms with van der Waals surface area (Å²) in [6.45, 7) is 6.03. The quantitative estimate of drug-likeness (QED) is 0.507. The molecule has 4 nitrogen and oxygen atoms in total. The molecule has 0 saturated heterocycles. The van der Waals surface area contributed by atoms with Gasteiger partial charge in [0.15, 0.2) is 5.79 Å². The second-order valence-electron chi connectivity index (χ2n) is 3.98. The summed E-state index contributed by atoms with van der Waals surface area (Å²) in [5, 5.41) is 0.